The van der Waals surface area contributed by atoms with Crippen molar-refractivity contribution in [3.63, 3.8) is 0 Å². The number of thioether (sulfide) groups is 1. The first-order valence-electron chi connectivity index (χ1n) is 14.5. The van der Waals surface area contributed by atoms with Gasteiger partial charge in [0.15, 0.2) is 0 Å². The van der Waals surface area contributed by atoms with Gasteiger partial charge in [-0.2, -0.15) is 5.10 Å². The van der Waals surface area contributed by atoms with Gasteiger partial charge in [0.1, 0.15) is 21.9 Å². The Morgan fingerprint density at radius 1 is 0.950 bits per heavy atom. The number of nitrogens with one attached hydrogen (secondary N) is 1. The Hall–Kier alpha value is -2.49. The lowest BCUT2D eigenvalue weighted by Crippen LogP contribution is -2.32. The molecule has 0 aromatic carbocycles. The van der Waals surface area contributed by atoms with Gasteiger partial charge >= 0.3 is 12.1 Å². The van der Waals surface area contributed by atoms with Crippen molar-refractivity contribution < 1.29 is 19.1 Å². The van der Waals surface area contributed by atoms with Gasteiger partial charge in [0.05, 0.1) is 17.1 Å². The highest BCUT2D eigenvalue weighted by Crippen LogP contribution is 2.32. The summed E-state index contributed by atoms with van der Waals surface area (Å²) < 4.78 is 12.8. The lowest BCUT2D eigenvalue weighted by molar-refractivity contribution is -0.151. The van der Waals surface area contributed by atoms with Crippen LogP contribution in [0.25, 0.3) is 0 Å². The van der Waals surface area contributed by atoms with Crippen molar-refractivity contribution in [3.8, 4) is 0 Å². The number of amides is 1. The van der Waals surface area contributed by atoms with Gasteiger partial charge in [-0.25, -0.2) is 9.79 Å². The summed E-state index contributed by atoms with van der Waals surface area (Å²) in [5, 5.41) is 8.49. The molecule has 0 bridgehead atoms. The number of nitrogens with zero attached hydrogens (tertiary/aromatic N) is 4. The van der Waals surface area contributed by atoms with Crippen LogP contribution in [0.5, 0.6) is 0 Å². The van der Waals surface area contributed by atoms with E-state index in [9.17, 15) is 9.59 Å². The number of allylic oxidation sites excluding steroid dienone is 1. The number of esters is 1. The minimum absolute atomic E-state index is 0.167. The second-order valence-corrected chi connectivity index (χ2v) is 14.1. The summed E-state index contributed by atoms with van der Waals surface area (Å²) in [5.74, 6) is 0.788. The first-order valence-corrected chi connectivity index (χ1v) is 15.5. The summed E-state index contributed by atoms with van der Waals surface area (Å²) in [5.41, 5.74) is 1.74. The maximum Gasteiger partial charge on any atom is 0.407 e. The maximum absolute atomic E-state index is 12.6. The molecule has 0 fully saturated rings. The molecule has 9 nitrogen and oxygen atoms in total. The van der Waals surface area contributed by atoms with Crippen LogP contribution in [-0.2, 0) is 20.8 Å². The average molecular weight is 578 g/mol. The molecule has 0 spiro atoms. The minimum Gasteiger partial charge on any atom is -0.459 e. The quantitative estimate of drug-likeness (QED) is 0.216. The molecular weight excluding hydrogens is 526 g/mol. The van der Waals surface area contributed by atoms with E-state index in [1.807, 2.05) is 46.2 Å². The van der Waals surface area contributed by atoms with Gasteiger partial charge in [0.25, 0.3) is 0 Å². The highest BCUT2D eigenvalue weighted by atomic mass is 32.2. The third-order valence-electron chi connectivity index (χ3n) is 5.44. The van der Waals surface area contributed by atoms with Crippen molar-refractivity contribution in [1.82, 2.24) is 15.1 Å². The van der Waals surface area contributed by atoms with Crippen molar-refractivity contribution in [2.45, 2.75) is 113 Å². The Labute approximate surface area is 245 Å². The second-order valence-electron chi connectivity index (χ2n) is 13.2. The molecule has 40 heavy (non-hydrogen) atoms. The SMILES string of the molecule is CC(C)CN1C=C(CCCCCNC(=O)OC(C)(C)C)N=C(SCC(=O)OC(C)(C)C)c2nn(CC(C)C)cc21. The van der Waals surface area contributed by atoms with Crippen LogP contribution in [0.2, 0.25) is 0 Å². The Bertz CT molecular complexity index is 1050. The summed E-state index contributed by atoms with van der Waals surface area (Å²) >= 11 is 1.38. The Morgan fingerprint density at radius 2 is 1.60 bits per heavy atom. The van der Waals surface area contributed by atoms with Gasteiger partial charge in [0, 0.05) is 32.0 Å². The first-order chi connectivity index (χ1) is 18.5. The van der Waals surface area contributed by atoms with E-state index < -0.39 is 11.2 Å². The molecule has 10 heteroatoms. The minimum atomic E-state index is -0.537. The molecule has 1 aromatic heterocycles. The molecule has 0 unspecified atom stereocenters. The van der Waals surface area contributed by atoms with E-state index in [1.165, 1.54) is 11.8 Å². The molecule has 2 heterocycles. The van der Waals surface area contributed by atoms with Gasteiger partial charge in [-0.15, -0.1) is 0 Å². The monoisotopic (exact) mass is 577 g/mol. The number of rotatable bonds is 12. The van der Waals surface area contributed by atoms with Crippen molar-refractivity contribution in [2.75, 3.05) is 23.7 Å². The molecule has 0 saturated heterocycles. The van der Waals surface area contributed by atoms with E-state index >= 15 is 0 Å². The summed E-state index contributed by atoms with van der Waals surface area (Å²) in [6.07, 6.45) is 7.37. The molecule has 2 rings (SSSR count). The zero-order valence-corrected chi connectivity index (χ0v) is 27.1. The van der Waals surface area contributed by atoms with E-state index in [4.69, 9.17) is 19.6 Å². The van der Waals surface area contributed by atoms with E-state index in [2.05, 4.69) is 50.3 Å². The number of hydrogen-bond acceptors (Lipinski definition) is 8. The molecule has 0 atom stereocenters. The number of fused-ring (bicyclic) bond motifs is 1. The zero-order chi connectivity index (χ0) is 30.1. The number of carbonyl (C=O) groups is 2. The number of carbonyl (C=O) groups excluding carboxylic acids is 2. The van der Waals surface area contributed by atoms with Crippen LogP contribution in [0.3, 0.4) is 0 Å². The summed E-state index contributed by atoms with van der Waals surface area (Å²) in [4.78, 5) is 31.7. The number of anilines is 1. The molecule has 1 aliphatic heterocycles. The molecule has 0 saturated carbocycles. The topological polar surface area (TPSA) is 98.1 Å². The van der Waals surface area contributed by atoms with Crippen molar-refractivity contribution in [3.05, 3.63) is 23.8 Å². The van der Waals surface area contributed by atoms with Gasteiger partial charge in [-0.05, 0) is 72.6 Å². The number of unbranched alkanes of at least 4 members (excludes halogenated alkanes) is 2. The van der Waals surface area contributed by atoms with Gasteiger partial charge in [-0.3, -0.25) is 9.48 Å². The fraction of sp³-hybridized carbons (Fsp3) is 0.733. The average Bonchev–Trinajstić information content (AvgIpc) is 3.12. The Morgan fingerprint density at radius 3 is 2.20 bits per heavy atom. The maximum atomic E-state index is 12.6. The molecule has 1 N–H and O–H groups in total. The fourth-order valence-corrected chi connectivity index (χ4v) is 4.86. The van der Waals surface area contributed by atoms with Crippen LogP contribution < -0.4 is 10.2 Å². The molecule has 1 amide bonds. The normalized spacial score (nSPS) is 14.1. The standard InChI is InChI=1S/C30H51N5O4S/c1-21(2)16-34-18-23(14-12-11-13-15-31-28(37)39-30(8,9)10)32-27(40-20-25(36)38-29(5,6)7)26-24(34)19-35(33-26)17-22(3)4/h18-19,21-22H,11-17,20H2,1-10H3,(H,31,37). The zero-order valence-electron chi connectivity index (χ0n) is 26.3. The number of aromatic nitrogens is 2. The summed E-state index contributed by atoms with van der Waals surface area (Å²) in [6, 6.07) is 0. The van der Waals surface area contributed by atoms with Gasteiger partial charge in [0.2, 0.25) is 0 Å². The van der Waals surface area contributed by atoms with Crippen molar-refractivity contribution >= 4 is 34.6 Å². The highest BCUT2D eigenvalue weighted by molar-refractivity contribution is 8.14. The molecule has 1 aromatic rings. The Balaban J connectivity index is 2.17. The van der Waals surface area contributed by atoms with Crippen LogP contribution in [0.1, 0.15) is 101 Å². The van der Waals surface area contributed by atoms with Crippen LogP contribution in [0.4, 0.5) is 10.5 Å². The van der Waals surface area contributed by atoms with Crippen LogP contribution in [0, 0.1) is 11.8 Å². The van der Waals surface area contributed by atoms with E-state index in [0.717, 1.165) is 60.9 Å². The number of aliphatic imine (C=N–C) groups is 1. The fourth-order valence-electron chi connectivity index (χ4n) is 4.08. The lowest BCUT2D eigenvalue weighted by atomic mass is 10.1. The molecule has 0 radical (unpaired) electrons. The molecule has 0 aliphatic carbocycles. The predicted octanol–water partition coefficient (Wildman–Crippen LogP) is 6.76. The second kappa shape index (κ2) is 14.9. The van der Waals surface area contributed by atoms with Gasteiger partial charge in [-0.1, -0.05) is 45.9 Å². The van der Waals surface area contributed by atoms with E-state index in [0.29, 0.717) is 18.4 Å². The third kappa shape index (κ3) is 12.8. The molecule has 1 aliphatic rings. The van der Waals surface area contributed by atoms with E-state index in [-0.39, 0.29) is 17.8 Å². The number of hydrogen-bond donors (Lipinski definition) is 1. The van der Waals surface area contributed by atoms with Crippen molar-refractivity contribution in [1.29, 1.82) is 0 Å². The van der Waals surface area contributed by atoms with E-state index in [1.54, 1.807) is 0 Å². The number of alkyl carbamates (subject to hydrolysis) is 1. The highest BCUT2D eigenvalue weighted by Gasteiger charge is 2.26. The number of ether oxygens (including phenoxy) is 2. The third-order valence-corrected chi connectivity index (χ3v) is 6.38. The van der Waals surface area contributed by atoms with Crippen LogP contribution >= 0.6 is 11.8 Å². The van der Waals surface area contributed by atoms with Crippen molar-refractivity contribution in [2.24, 2.45) is 16.8 Å². The summed E-state index contributed by atoms with van der Waals surface area (Å²) in [7, 11) is 0. The summed E-state index contributed by atoms with van der Waals surface area (Å²) in [6.45, 7) is 22.1. The predicted molar refractivity (Wildman–Crippen MR) is 165 cm³/mol. The van der Waals surface area contributed by atoms with Crippen LogP contribution in [0.15, 0.2) is 23.1 Å². The van der Waals surface area contributed by atoms with Gasteiger partial charge < -0.3 is 19.7 Å². The first kappa shape index (κ1) is 33.7. The lowest BCUT2D eigenvalue weighted by Gasteiger charge is -2.22. The van der Waals surface area contributed by atoms with Crippen LogP contribution in [-0.4, -0.2) is 56.9 Å². The molecular formula is C30H51N5O4S. The smallest absolute Gasteiger partial charge is 0.407 e. The Kier molecular flexibility index (Phi) is 12.6. The largest absolute Gasteiger partial charge is 0.459 e. The molecule has 226 valence electrons.